The molecule has 0 radical (unpaired) electrons. The average Bonchev–Trinajstić information content (AvgIpc) is 0.811. The van der Waals surface area contributed by atoms with Gasteiger partial charge < -0.3 is 13.3 Å². The molecule has 0 fully saturated rings. The van der Waals surface area contributed by atoms with E-state index in [9.17, 15) is 0 Å². The molecule has 0 bridgehead atoms. The quantitative estimate of drug-likeness (QED) is 0.601. The van der Waals surface area contributed by atoms with Gasteiger partial charge in [-0.3, -0.25) is 0 Å². The van der Waals surface area contributed by atoms with Crippen LogP contribution in [0.2, 0.25) is 0 Å². The third kappa shape index (κ3) is 75.0. The molecule has 0 amide bonds. The van der Waals surface area contributed by atoms with Crippen LogP contribution in [0.4, 0.5) is 0 Å². The first-order valence-electron chi connectivity index (χ1n) is 1.50. The fraction of sp³-hybridized carbons (Fsp3) is 0.600. The Hall–Kier alpha value is 1.05. The summed E-state index contributed by atoms with van der Waals surface area (Å²) in [6.07, 6.45) is 0. The Bertz CT molecular complexity index is 8.66. The summed E-state index contributed by atoms with van der Waals surface area (Å²) in [5.74, 6) is 1.42. The first-order valence-corrected chi connectivity index (χ1v) is 1.50. The first kappa shape index (κ1) is 15.7. The number of hydrogen-bond donors (Lipinski definition) is 0. The van der Waals surface area contributed by atoms with Gasteiger partial charge in [0.2, 0.25) is 0 Å². The minimum absolute atomic E-state index is 0. The minimum Gasteiger partial charge on any atom is -0.358 e. The fourth-order valence-corrected chi connectivity index (χ4v) is 0. The molecular formula is C5H12U. The SMILES string of the molecule is C[C-](C)C.[CH3-].[U+2]. The molecule has 0 saturated heterocycles. The van der Waals surface area contributed by atoms with E-state index in [2.05, 4.69) is 20.8 Å². The van der Waals surface area contributed by atoms with Crippen LogP contribution in [0.3, 0.4) is 0 Å². The first-order chi connectivity index (χ1) is 1.73. The topological polar surface area (TPSA) is 0 Å². The van der Waals surface area contributed by atoms with E-state index in [1.807, 2.05) is 0 Å². The van der Waals surface area contributed by atoms with Gasteiger partial charge in [0, 0.05) is 0 Å². The van der Waals surface area contributed by atoms with Crippen LogP contribution in [-0.4, -0.2) is 0 Å². The van der Waals surface area contributed by atoms with Gasteiger partial charge in [-0.15, -0.1) is 0 Å². The van der Waals surface area contributed by atoms with E-state index < -0.39 is 0 Å². The second-order valence-electron chi connectivity index (χ2n) is 1.50. The zero-order valence-corrected chi connectivity index (χ0v) is 9.16. The van der Waals surface area contributed by atoms with Crippen LogP contribution in [0.5, 0.6) is 0 Å². The summed E-state index contributed by atoms with van der Waals surface area (Å²) in [5.41, 5.74) is 0. The van der Waals surface area contributed by atoms with Gasteiger partial charge in [-0.05, 0) is 0 Å². The van der Waals surface area contributed by atoms with E-state index in [-0.39, 0.29) is 38.5 Å². The van der Waals surface area contributed by atoms with Gasteiger partial charge in [-0.25, -0.2) is 0 Å². The van der Waals surface area contributed by atoms with E-state index in [1.165, 1.54) is 5.92 Å². The van der Waals surface area contributed by atoms with Crippen LogP contribution in [0.15, 0.2) is 0 Å². The average molecular weight is 310 g/mol. The number of rotatable bonds is 0. The van der Waals surface area contributed by atoms with Gasteiger partial charge in [0.15, 0.2) is 0 Å². The molecule has 36 valence electrons. The fourth-order valence-electron chi connectivity index (χ4n) is 0. The van der Waals surface area contributed by atoms with Gasteiger partial charge in [0.25, 0.3) is 0 Å². The van der Waals surface area contributed by atoms with Crippen molar-refractivity contribution >= 4 is 0 Å². The summed E-state index contributed by atoms with van der Waals surface area (Å²) in [4.78, 5) is 0. The molecule has 1 heteroatoms. The Morgan fingerprint density at radius 1 is 1.00 bits per heavy atom. The van der Waals surface area contributed by atoms with Gasteiger partial charge in [-0.2, -0.15) is 20.8 Å². The number of hydrogen-bond acceptors (Lipinski definition) is 0. The van der Waals surface area contributed by atoms with Crippen molar-refractivity contribution in [3.05, 3.63) is 13.3 Å². The Kier molecular flexibility index (Phi) is 24.7. The van der Waals surface area contributed by atoms with Crippen LogP contribution < -0.4 is 0 Å². The standard InChI is InChI=1S/C4H9.CH3.U/c1-4(2)3;;/h1-3H3;1H3;/q2*-1;+2. The Balaban J connectivity index is -0.0000000450. The molecule has 6 heavy (non-hydrogen) atoms. The molecule has 0 saturated carbocycles. The second kappa shape index (κ2) is 9.41. The summed E-state index contributed by atoms with van der Waals surface area (Å²) >= 11 is 0. The Morgan fingerprint density at radius 3 is 1.00 bits per heavy atom. The molecule has 0 N–H and O–H groups in total. The molecule has 0 aliphatic heterocycles. The Morgan fingerprint density at radius 2 is 1.00 bits per heavy atom. The molecule has 0 aromatic rings. The predicted octanol–water partition coefficient (Wildman–Crippen LogP) is 2.07. The maximum Gasteiger partial charge on any atom is 2.00 e. The van der Waals surface area contributed by atoms with Crippen LogP contribution in [-0.2, 0) is 0 Å². The monoisotopic (exact) mass is 310 g/mol. The van der Waals surface area contributed by atoms with E-state index in [1.54, 1.807) is 0 Å². The van der Waals surface area contributed by atoms with E-state index in [0.717, 1.165) is 0 Å². The third-order valence-corrected chi connectivity index (χ3v) is 0. The normalized spacial score (nSPS) is 6.00. The molecule has 0 rings (SSSR count). The second-order valence-corrected chi connectivity index (χ2v) is 1.50. The smallest absolute Gasteiger partial charge is 0.358 e. The summed E-state index contributed by atoms with van der Waals surface area (Å²) in [5, 5.41) is 0. The van der Waals surface area contributed by atoms with Crippen LogP contribution in [0.25, 0.3) is 0 Å². The maximum atomic E-state index is 2.08. The molecule has 0 spiro atoms. The maximum absolute atomic E-state index is 2.08. The van der Waals surface area contributed by atoms with Crippen LogP contribution in [0, 0.1) is 44.5 Å². The van der Waals surface area contributed by atoms with Crippen LogP contribution in [0.1, 0.15) is 20.8 Å². The minimum atomic E-state index is 0. The largest absolute Gasteiger partial charge is 2.00 e. The molecule has 0 unspecified atom stereocenters. The molecule has 0 aromatic carbocycles. The third-order valence-electron chi connectivity index (χ3n) is 0. The molecular weight excluding hydrogens is 298 g/mol. The molecule has 0 heterocycles. The zero-order valence-electron chi connectivity index (χ0n) is 5.00. The van der Waals surface area contributed by atoms with Crippen molar-refractivity contribution < 1.29 is 31.1 Å². The predicted molar refractivity (Wildman–Crippen MR) is 26.7 cm³/mol. The van der Waals surface area contributed by atoms with Gasteiger partial charge in [0.05, 0.1) is 0 Å². The van der Waals surface area contributed by atoms with Gasteiger partial charge in [-0.1, -0.05) is 0 Å². The van der Waals surface area contributed by atoms with Crippen molar-refractivity contribution in [2.24, 2.45) is 0 Å². The van der Waals surface area contributed by atoms with Crippen molar-refractivity contribution in [3.63, 3.8) is 0 Å². The van der Waals surface area contributed by atoms with Crippen LogP contribution >= 0.6 is 0 Å². The van der Waals surface area contributed by atoms with Crippen molar-refractivity contribution in [1.29, 1.82) is 0 Å². The molecule has 0 aliphatic carbocycles. The summed E-state index contributed by atoms with van der Waals surface area (Å²) < 4.78 is 0. The van der Waals surface area contributed by atoms with Crippen molar-refractivity contribution in [1.82, 2.24) is 0 Å². The zero-order chi connectivity index (χ0) is 3.58. The summed E-state index contributed by atoms with van der Waals surface area (Å²) in [7, 11) is 0. The van der Waals surface area contributed by atoms with E-state index >= 15 is 0 Å². The van der Waals surface area contributed by atoms with Gasteiger partial charge in [0.1, 0.15) is 0 Å². The summed E-state index contributed by atoms with van der Waals surface area (Å²) in [6.45, 7) is 6.25. The Labute approximate surface area is 65.1 Å². The van der Waals surface area contributed by atoms with Crippen molar-refractivity contribution in [3.8, 4) is 0 Å². The summed E-state index contributed by atoms with van der Waals surface area (Å²) in [6, 6.07) is 0. The van der Waals surface area contributed by atoms with Crippen molar-refractivity contribution in [2.45, 2.75) is 20.8 Å². The molecule has 0 aromatic heterocycles. The molecule has 0 nitrogen and oxygen atoms in total. The van der Waals surface area contributed by atoms with Gasteiger partial charge >= 0.3 is 31.1 Å². The van der Waals surface area contributed by atoms with E-state index in [4.69, 9.17) is 0 Å². The van der Waals surface area contributed by atoms with E-state index in [0.29, 0.717) is 0 Å². The molecule has 0 aliphatic rings. The molecule has 0 atom stereocenters. The van der Waals surface area contributed by atoms with Crippen molar-refractivity contribution in [2.75, 3.05) is 0 Å².